The van der Waals surface area contributed by atoms with Gasteiger partial charge in [0.1, 0.15) is 22.6 Å². The van der Waals surface area contributed by atoms with E-state index in [0.29, 0.717) is 27.9 Å². The van der Waals surface area contributed by atoms with Crippen molar-refractivity contribution in [1.29, 1.82) is 0 Å². The number of carbonyl (C=O) groups excluding carboxylic acids is 1. The number of phenols is 1. The van der Waals surface area contributed by atoms with E-state index in [1.165, 1.54) is 0 Å². The Kier molecular flexibility index (Phi) is 4.35. The number of hydrogen-bond donors (Lipinski definition) is 2. The number of fused-ring (bicyclic) bond motifs is 2. The number of esters is 1. The number of anilines is 1. The first-order chi connectivity index (χ1) is 13.5. The summed E-state index contributed by atoms with van der Waals surface area (Å²) in [7, 11) is 0. The predicted molar refractivity (Wildman–Crippen MR) is 108 cm³/mol. The van der Waals surface area contributed by atoms with Gasteiger partial charge in [-0.25, -0.2) is 14.8 Å². The Morgan fingerprint density at radius 2 is 1.86 bits per heavy atom. The molecule has 28 heavy (non-hydrogen) atoms. The second kappa shape index (κ2) is 6.84. The number of carbonyl (C=O) groups is 1. The predicted octanol–water partition coefficient (Wildman–Crippen LogP) is 3.67. The average Bonchev–Trinajstić information content (AvgIpc) is 2.95. The van der Waals surface area contributed by atoms with Crippen LogP contribution >= 0.6 is 0 Å². The van der Waals surface area contributed by atoms with Crippen LogP contribution in [0.2, 0.25) is 0 Å². The second-order valence-electron chi connectivity index (χ2n) is 6.99. The normalized spacial score (nSPS) is 11.4. The van der Waals surface area contributed by atoms with Crippen molar-refractivity contribution in [2.24, 2.45) is 5.92 Å². The third-order valence-corrected chi connectivity index (χ3v) is 4.34. The molecule has 2 aromatic carbocycles. The van der Waals surface area contributed by atoms with Crippen LogP contribution < -0.4 is 5.73 Å². The van der Waals surface area contributed by atoms with Crippen LogP contribution in [0.3, 0.4) is 0 Å². The molecule has 2 heterocycles. The monoisotopic (exact) mass is 376 g/mol. The first kappa shape index (κ1) is 17.8. The lowest BCUT2D eigenvalue weighted by molar-refractivity contribution is 0.0462. The van der Waals surface area contributed by atoms with Gasteiger partial charge in [0, 0.05) is 6.07 Å². The number of nitrogen functional groups attached to an aromatic ring is 1. The highest BCUT2D eigenvalue weighted by Crippen LogP contribution is 2.32. The number of nitrogens with two attached hydrogens (primary N) is 1. The summed E-state index contributed by atoms with van der Waals surface area (Å²) in [5.74, 6) is -0.0997. The molecular formula is C21H20N4O3. The molecule has 0 spiro atoms. The Morgan fingerprint density at radius 3 is 2.54 bits per heavy atom. The molecule has 4 aromatic rings. The highest BCUT2D eigenvalue weighted by Gasteiger charge is 2.26. The molecule has 7 nitrogen and oxygen atoms in total. The van der Waals surface area contributed by atoms with Crippen molar-refractivity contribution in [2.75, 3.05) is 12.3 Å². The Hall–Kier alpha value is -3.61. The second-order valence-corrected chi connectivity index (χ2v) is 6.99. The zero-order valence-electron chi connectivity index (χ0n) is 15.6. The Labute approximate surface area is 161 Å². The van der Waals surface area contributed by atoms with E-state index in [1.54, 1.807) is 28.8 Å². The zero-order chi connectivity index (χ0) is 19.8. The lowest BCUT2D eigenvalue weighted by atomic mass is 10.2. The van der Waals surface area contributed by atoms with Crippen LogP contribution in [0, 0.1) is 5.92 Å². The number of aromatic hydroxyl groups is 1. The number of benzene rings is 2. The van der Waals surface area contributed by atoms with Gasteiger partial charge in [0.05, 0.1) is 23.3 Å². The quantitative estimate of drug-likeness (QED) is 0.527. The summed E-state index contributed by atoms with van der Waals surface area (Å²) >= 11 is 0. The van der Waals surface area contributed by atoms with Gasteiger partial charge < -0.3 is 15.6 Å². The summed E-state index contributed by atoms with van der Waals surface area (Å²) in [6.45, 7) is 4.19. The molecule has 0 atom stereocenters. The van der Waals surface area contributed by atoms with Gasteiger partial charge in [0.15, 0.2) is 5.65 Å². The number of nitrogens with zero attached hydrogens (tertiary/aromatic N) is 3. The molecule has 0 unspecified atom stereocenters. The minimum absolute atomic E-state index is 0.0800. The molecule has 7 heteroatoms. The van der Waals surface area contributed by atoms with Crippen molar-refractivity contribution in [3.63, 3.8) is 0 Å². The summed E-state index contributed by atoms with van der Waals surface area (Å²) in [5, 5.41) is 9.89. The third-order valence-electron chi connectivity index (χ3n) is 4.34. The topological polar surface area (TPSA) is 103 Å². The molecule has 0 amide bonds. The number of hydrogen-bond acceptors (Lipinski definition) is 6. The first-order valence-corrected chi connectivity index (χ1v) is 8.99. The fraction of sp³-hybridized carbons (Fsp3) is 0.190. The Bertz CT molecular complexity index is 1200. The molecule has 3 N–H and O–H groups in total. The highest BCUT2D eigenvalue weighted by molar-refractivity contribution is 6.09. The smallest absolute Gasteiger partial charge is 0.344 e. The van der Waals surface area contributed by atoms with Gasteiger partial charge in [-0.1, -0.05) is 32.0 Å². The van der Waals surface area contributed by atoms with Crippen molar-refractivity contribution >= 4 is 34.0 Å². The van der Waals surface area contributed by atoms with Crippen LogP contribution in [0.25, 0.3) is 27.9 Å². The largest absolute Gasteiger partial charge is 0.508 e. The van der Waals surface area contributed by atoms with Crippen molar-refractivity contribution in [3.05, 3.63) is 54.1 Å². The number of para-hydroxylation sites is 2. The summed E-state index contributed by atoms with van der Waals surface area (Å²) in [5.41, 5.74) is 9.25. The van der Waals surface area contributed by atoms with E-state index >= 15 is 0 Å². The summed E-state index contributed by atoms with van der Waals surface area (Å²) < 4.78 is 7.03. The van der Waals surface area contributed by atoms with Crippen LogP contribution in [-0.2, 0) is 4.74 Å². The van der Waals surface area contributed by atoms with E-state index in [1.807, 2.05) is 38.1 Å². The van der Waals surface area contributed by atoms with Gasteiger partial charge >= 0.3 is 5.97 Å². The molecular weight excluding hydrogens is 356 g/mol. The number of rotatable bonds is 4. The first-order valence-electron chi connectivity index (χ1n) is 8.99. The van der Waals surface area contributed by atoms with Crippen LogP contribution in [0.1, 0.15) is 24.2 Å². The van der Waals surface area contributed by atoms with Crippen molar-refractivity contribution in [2.45, 2.75) is 13.8 Å². The lowest BCUT2D eigenvalue weighted by Gasteiger charge is -2.09. The minimum Gasteiger partial charge on any atom is -0.508 e. The maximum atomic E-state index is 12.8. The maximum Gasteiger partial charge on any atom is 0.344 e. The van der Waals surface area contributed by atoms with E-state index in [2.05, 4.69) is 9.97 Å². The van der Waals surface area contributed by atoms with Crippen LogP contribution in [-0.4, -0.2) is 32.2 Å². The van der Waals surface area contributed by atoms with Gasteiger partial charge in [0.2, 0.25) is 0 Å². The van der Waals surface area contributed by atoms with Gasteiger partial charge in [0.25, 0.3) is 0 Å². The van der Waals surface area contributed by atoms with Gasteiger partial charge in [-0.05, 0) is 30.2 Å². The fourth-order valence-corrected chi connectivity index (χ4v) is 3.07. The molecule has 0 aliphatic rings. The number of phenolic OH excluding ortho intramolecular Hbond substituents is 1. The molecule has 0 aliphatic carbocycles. The maximum absolute atomic E-state index is 12.8. The van der Waals surface area contributed by atoms with E-state index in [9.17, 15) is 9.90 Å². The highest BCUT2D eigenvalue weighted by atomic mass is 16.5. The Morgan fingerprint density at radius 1 is 1.14 bits per heavy atom. The molecule has 142 valence electrons. The fourth-order valence-electron chi connectivity index (χ4n) is 3.07. The van der Waals surface area contributed by atoms with E-state index in [-0.39, 0.29) is 29.7 Å². The number of ether oxygens (including phenoxy) is 1. The van der Waals surface area contributed by atoms with Crippen molar-refractivity contribution in [1.82, 2.24) is 14.5 Å². The van der Waals surface area contributed by atoms with Crippen LogP contribution in [0.15, 0.2) is 48.5 Å². The van der Waals surface area contributed by atoms with E-state index in [0.717, 1.165) is 0 Å². The summed E-state index contributed by atoms with van der Waals surface area (Å²) in [6, 6.07) is 14.0. The van der Waals surface area contributed by atoms with E-state index in [4.69, 9.17) is 10.5 Å². The standard InChI is InChI=1S/C21H20N4O3/c1-12(2)11-28-21(27)17-18-20(24-16-9-4-3-8-15(16)23-18)25(19(17)22)13-6-5-7-14(26)10-13/h3-10,12,26H,11,22H2,1-2H3. The van der Waals surface area contributed by atoms with Gasteiger partial charge in [-0.3, -0.25) is 4.57 Å². The molecule has 0 bridgehead atoms. The molecule has 0 saturated heterocycles. The molecule has 0 saturated carbocycles. The molecule has 0 fully saturated rings. The molecule has 0 aliphatic heterocycles. The van der Waals surface area contributed by atoms with Crippen molar-refractivity contribution < 1.29 is 14.6 Å². The van der Waals surface area contributed by atoms with Gasteiger partial charge in [-0.2, -0.15) is 0 Å². The lowest BCUT2D eigenvalue weighted by Crippen LogP contribution is -2.12. The van der Waals surface area contributed by atoms with Crippen LogP contribution in [0.4, 0.5) is 5.82 Å². The number of aromatic nitrogens is 3. The summed E-state index contributed by atoms with van der Waals surface area (Å²) in [6.07, 6.45) is 0. The zero-order valence-corrected chi connectivity index (χ0v) is 15.6. The minimum atomic E-state index is -0.542. The molecule has 0 radical (unpaired) electrons. The van der Waals surface area contributed by atoms with Crippen LogP contribution in [0.5, 0.6) is 5.75 Å². The molecule has 2 aromatic heterocycles. The third kappa shape index (κ3) is 3.00. The van der Waals surface area contributed by atoms with E-state index < -0.39 is 5.97 Å². The van der Waals surface area contributed by atoms with Gasteiger partial charge in [-0.15, -0.1) is 0 Å². The average molecular weight is 376 g/mol. The Balaban J connectivity index is 2.01. The molecule has 4 rings (SSSR count). The summed E-state index contributed by atoms with van der Waals surface area (Å²) in [4.78, 5) is 22.1. The SMILES string of the molecule is CC(C)COC(=O)c1c(N)n(-c2cccc(O)c2)c2nc3ccccc3nc12. The van der Waals surface area contributed by atoms with Crippen molar-refractivity contribution in [3.8, 4) is 11.4 Å².